The fourth-order valence-corrected chi connectivity index (χ4v) is 4.33. The molecule has 28 heavy (non-hydrogen) atoms. The van der Waals surface area contributed by atoms with Gasteiger partial charge in [-0.25, -0.2) is 14.6 Å². The lowest BCUT2D eigenvalue weighted by Gasteiger charge is -2.43. The van der Waals surface area contributed by atoms with Crippen molar-refractivity contribution in [1.29, 1.82) is 0 Å². The van der Waals surface area contributed by atoms with E-state index in [4.69, 9.17) is 15.6 Å². The second-order valence-electron chi connectivity index (χ2n) is 7.56. The zero-order valence-electron chi connectivity index (χ0n) is 16.0. The summed E-state index contributed by atoms with van der Waals surface area (Å²) in [7, 11) is 0. The average molecular weight is 376 g/mol. The van der Waals surface area contributed by atoms with E-state index in [0.717, 1.165) is 56.2 Å². The third-order valence-electron chi connectivity index (χ3n) is 5.73. The lowest BCUT2D eigenvalue weighted by atomic mass is 9.84. The van der Waals surface area contributed by atoms with Crippen LogP contribution in [0.25, 0.3) is 5.69 Å². The zero-order chi connectivity index (χ0) is 19.1. The Morgan fingerprint density at radius 3 is 2.64 bits per heavy atom. The highest BCUT2D eigenvalue weighted by molar-refractivity contribution is 5.48. The normalized spacial score (nSPS) is 18.2. The van der Waals surface area contributed by atoms with Gasteiger partial charge in [0.1, 0.15) is 23.1 Å². The number of fused-ring (bicyclic) bond motifs is 2. The Labute approximate surface area is 164 Å². The summed E-state index contributed by atoms with van der Waals surface area (Å²) in [5.74, 6) is 2.11. The fraction of sp³-hybridized carbons (Fsp3) is 0.381. The van der Waals surface area contributed by atoms with Crippen LogP contribution in [-0.4, -0.2) is 39.4 Å². The summed E-state index contributed by atoms with van der Waals surface area (Å²) in [5, 5.41) is 4.95. The van der Waals surface area contributed by atoms with Crippen LogP contribution in [0.1, 0.15) is 29.9 Å². The molecule has 0 amide bonds. The quantitative estimate of drug-likeness (QED) is 0.740. The SMILES string of the molecule is Cc1nc(N)cc(N2CCC3(CC2)OCCc2cn(-c4ccccc4)nc23)n1. The standard InChI is InChI=1S/C21H24N6O/c1-15-23-18(22)13-19(24-15)26-10-8-21(9-11-26)20-16(7-12-28-21)14-27(25-20)17-5-3-2-4-6-17/h2-6,13-14H,7-12H2,1H3,(H2,22,23,24). The van der Waals surface area contributed by atoms with Crippen molar-refractivity contribution in [2.75, 3.05) is 30.3 Å². The first-order valence-electron chi connectivity index (χ1n) is 9.77. The predicted molar refractivity (Wildman–Crippen MR) is 108 cm³/mol. The second-order valence-corrected chi connectivity index (χ2v) is 7.56. The van der Waals surface area contributed by atoms with Gasteiger partial charge in [-0.2, -0.15) is 5.10 Å². The van der Waals surface area contributed by atoms with Crippen molar-refractivity contribution in [2.24, 2.45) is 0 Å². The maximum absolute atomic E-state index is 6.35. The summed E-state index contributed by atoms with van der Waals surface area (Å²) in [4.78, 5) is 11.0. The number of aryl methyl sites for hydroxylation is 1. The molecule has 4 heterocycles. The number of aromatic nitrogens is 4. The minimum atomic E-state index is -0.308. The number of anilines is 2. The van der Waals surface area contributed by atoms with Gasteiger partial charge in [-0.05, 0) is 43.9 Å². The Morgan fingerprint density at radius 2 is 1.89 bits per heavy atom. The van der Waals surface area contributed by atoms with E-state index in [9.17, 15) is 0 Å². The number of benzene rings is 1. The minimum absolute atomic E-state index is 0.308. The molecule has 2 aliphatic rings. The van der Waals surface area contributed by atoms with Gasteiger partial charge in [0.2, 0.25) is 0 Å². The van der Waals surface area contributed by atoms with E-state index < -0.39 is 0 Å². The first kappa shape index (κ1) is 17.2. The van der Waals surface area contributed by atoms with E-state index in [2.05, 4.69) is 33.2 Å². The van der Waals surface area contributed by atoms with Crippen LogP contribution < -0.4 is 10.6 Å². The maximum atomic E-state index is 6.35. The molecule has 1 fully saturated rings. The molecule has 1 spiro atoms. The van der Waals surface area contributed by atoms with Crippen LogP contribution in [0.15, 0.2) is 42.6 Å². The van der Waals surface area contributed by atoms with Crippen LogP contribution in [0, 0.1) is 6.92 Å². The molecule has 2 N–H and O–H groups in total. The van der Waals surface area contributed by atoms with Crippen LogP contribution in [-0.2, 0) is 16.8 Å². The number of nitrogen functional groups attached to an aromatic ring is 1. The van der Waals surface area contributed by atoms with Crippen molar-refractivity contribution in [3.63, 3.8) is 0 Å². The monoisotopic (exact) mass is 376 g/mol. The van der Waals surface area contributed by atoms with Crippen LogP contribution in [0.4, 0.5) is 11.6 Å². The Balaban J connectivity index is 1.42. The summed E-state index contributed by atoms with van der Waals surface area (Å²) < 4.78 is 8.34. The van der Waals surface area contributed by atoms with E-state index in [1.165, 1.54) is 5.56 Å². The Kier molecular flexibility index (Phi) is 4.05. The van der Waals surface area contributed by atoms with Crippen LogP contribution in [0.5, 0.6) is 0 Å². The molecule has 3 aromatic rings. The van der Waals surface area contributed by atoms with E-state index >= 15 is 0 Å². The molecule has 7 heteroatoms. The molecule has 0 bridgehead atoms. The molecule has 0 aliphatic carbocycles. The van der Waals surface area contributed by atoms with Crippen molar-refractivity contribution in [1.82, 2.24) is 19.7 Å². The van der Waals surface area contributed by atoms with Crippen LogP contribution >= 0.6 is 0 Å². The van der Waals surface area contributed by atoms with Gasteiger partial charge in [0.25, 0.3) is 0 Å². The van der Waals surface area contributed by atoms with Crippen molar-refractivity contribution >= 4 is 11.6 Å². The molecule has 0 atom stereocenters. The number of nitrogens with zero attached hydrogens (tertiary/aromatic N) is 5. The van der Waals surface area contributed by atoms with Gasteiger partial charge < -0.3 is 15.4 Å². The van der Waals surface area contributed by atoms with Crippen molar-refractivity contribution in [3.8, 4) is 5.69 Å². The third-order valence-corrected chi connectivity index (χ3v) is 5.73. The maximum Gasteiger partial charge on any atom is 0.134 e. The number of rotatable bonds is 2. The van der Waals surface area contributed by atoms with Gasteiger partial charge in [0.05, 0.1) is 18.0 Å². The van der Waals surface area contributed by atoms with Gasteiger partial charge in [-0.15, -0.1) is 0 Å². The van der Waals surface area contributed by atoms with Gasteiger partial charge in [-0.1, -0.05) is 18.2 Å². The lowest BCUT2D eigenvalue weighted by molar-refractivity contribution is -0.0797. The van der Waals surface area contributed by atoms with Crippen LogP contribution in [0.3, 0.4) is 0 Å². The number of piperidine rings is 1. The highest BCUT2D eigenvalue weighted by Crippen LogP contribution is 2.41. The Morgan fingerprint density at radius 1 is 1.11 bits per heavy atom. The third kappa shape index (κ3) is 2.92. The molecule has 144 valence electrons. The molecule has 1 aromatic carbocycles. The predicted octanol–water partition coefficient (Wildman–Crippen LogP) is 2.62. The van der Waals surface area contributed by atoms with E-state index in [1.807, 2.05) is 35.9 Å². The summed E-state index contributed by atoms with van der Waals surface area (Å²) in [5.41, 5.74) is 9.08. The topological polar surface area (TPSA) is 82.1 Å². The average Bonchev–Trinajstić information content (AvgIpc) is 3.15. The molecular weight excluding hydrogens is 352 g/mol. The molecule has 2 aromatic heterocycles. The summed E-state index contributed by atoms with van der Waals surface area (Å²) >= 11 is 0. The van der Waals surface area contributed by atoms with E-state index in [-0.39, 0.29) is 5.60 Å². The largest absolute Gasteiger partial charge is 0.384 e. The molecule has 1 saturated heterocycles. The molecule has 7 nitrogen and oxygen atoms in total. The summed E-state index contributed by atoms with van der Waals surface area (Å²) in [6, 6.07) is 12.1. The van der Waals surface area contributed by atoms with Gasteiger partial charge >= 0.3 is 0 Å². The minimum Gasteiger partial charge on any atom is -0.384 e. The fourth-order valence-electron chi connectivity index (χ4n) is 4.33. The number of hydrogen-bond donors (Lipinski definition) is 1. The highest BCUT2D eigenvalue weighted by atomic mass is 16.5. The van der Waals surface area contributed by atoms with E-state index in [0.29, 0.717) is 11.6 Å². The molecular formula is C21H24N6O. The number of ether oxygens (including phenoxy) is 1. The van der Waals surface area contributed by atoms with Crippen molar-refractivity contribution in [2.45, 2.75) is 31.8 Å². The Hall–Kier alpha value is -2.93. The number of nitrogens with two attached hydrogens (primary N) is 1. The van der Waals surface area contributed by atoms with Crippen molar-refractivity contribution in [3.05, 3.63) is 59.7 Å². The van der Waals surface area contributed by atoms with Gasteiger partial charge in [0, 0.05) is 25.4 Å². The Bertz CT molecular complexity index is 971. The number of hydrogen-bond acceptors (Lipinski definition) is 6. The lowest BCUT2D eigenvalue weighted by Crippen LogP contribution is -2.47. The van der Waals surface area contributed by atoms with Crippen LogP contribution in [0.2, 0.25) is 0 Å². The van der Waals surface area contributed by atoms with Gasteiger partial charge in [-0.3, -0.25) is 0 Å². The summed E-state index contributed by atoms with van der Waals surface area (Å²) in [6.07, 6.45) is 4.84. The molecule has 0 saturated carbocycles. The highest BCUT2D eigenvalue weighted by Gasteiger charge is 2.43. The smallest absolute Gasteiger partial charge is 0.134 e. The first-order chi connectivity index (χ1) is 13.6. The molecule has 0 unspecified atom stereocenters. The van der Waals surface area contributed by atoms with Gasteiger partial charge in [0.15, 0.2) is 0 Å². The van der Waals surface area contributed by atoms with E-state index in [1.54, 1.807) is 0 Å². The van der Waals surface area contributed by atoms with Crippen molar-refractivity contribution < 1.29 is 4.74 Å². The molecule has 0 radical (unpaired) electrons. The second kappa shape index (κ2) is 6.60. The molecule has 5 rings (SSSR count). The zero-order valence-corrected chi connectivity index (χ0v) is 16.0. The number of para-hydroxylation sites is 1. The molecule has 2 aliphatic heterocycles. The summed E-state index contributed by atoms with van der Waals surface area (Å²) in [6.45, 7) is 4.33. The first-order valence-corrected chi connectivity index (χ1v) is 9.77.